The molecule has 0 atom stereocenters. The van der Waals surface area contributed by atoms with E-state index in [1.165, 1.54) is 10.7 Å². The van der Waals surface area contributed by atoms with E-state index in [1.54, 1.807) is 25.4 Å². The molecule has 3 heterocycles. The maximum Gasteiger partial charge on any atom is 0.272 e. The van der Waals surface area contributed by atoms with Crippen molar-refractivity contribution >= 4 is 10.8 Å². The lowest BCUT2D eigenvalue weighted by molar-refractivity contribution is 0.173. The fourth-order valence-electron chi connectivity index (χ4n) is 3.95. The summed E-state index contributed by atoms with van der Waals surface area (Å²) in [5.41, 5.74) is 2.35. The fraction of sp³-hybridized carbons (Fsp3) is 0.182. The van der Waals surface area contributed by atoms with Crippen molar-refractivity contribution in [1.82, 2.24) is 20.0 Å². The third-order valence-corrected chi connectivity index (χ3v) is 5.42. The number of nitriles is 1. The predicted molar refractivity (Wildman–Crippen MR) is 110 cm³/mol. The Morgan fingerprint density at radius 3 is 2.90 bits per heavy atom. The van der Waals surface area contributed by atoms with Gasteiger partial charge < -0.3 is 9.47 Å². The summed E-state index contributed by atoms with van der Waals surface area (Å²) >= 11 is 0. The van der Waals surface area contributed by atoms with Crippen LogP contribution in [-0.2, 0) is 13.5 Å². The van der Waals surface area contributed by atoms with E-state index in [-0.39, 0.29) is 35.0 Å². The SMILES string of the molecule is CCc1n[nH]c(=O)c2ccc(-c3cnn(C)c3-c3c(F)cc4c(c3C#N)OCO4)cc12. The first-order valence-corrected chi connectivity index (χ1v) is 9.59. The first kappa shape index (κ1) is 18.8. The highest BCUT2D eigenvalue weighted by molar-refractivity contribution is 5.92. The Hall–Kier alpha value is -4.19. The van der Waals surface area contributed by atoms with E-state index in [0.717, 1.165) is 11.3 Å². The number of fused-ring (bicyclic) bond motifs is 2. The number of aromatic nitrogens is 4. The molecule has 9 heteroatoms. The molecule has 1 aliphatic rings. The minimum atomic E-state index is -0.612. The second-order valence-corrected chi connectivity index (χ2v) is 7.10. The van der Waals surface area contributed by atoms with Crippen LogP contribution >= 0.6 is 0 Å². The van der Waals surface area contributed by atoms with Gasteiger partial charge in [-0.2, -0.15) is 15.5 Å². The second-order valence-electron chi connectivity index (χ2n) is 7.10. The van der Waals surface area contributed by atoms with Crippen molar-refractivity contribution < 1.29 is 13.9 Å². The highest BCUT2D eigenvalue weighted by Gasteiger charge is 2.29. The van der Waals surface area contributed by atoms with Crippen LogP contribution in [0.3, 0.4) is 0 Å². The third kappa shape index (κ3) is 2.76. The largest absolute Gasteiger partial charge is 0.453 e. The van der Waals surface area contributed by atoms with Crippen molar-refractivity contribution in [2.75, 3.05) is 6.79 Å². The first-order valence-electron chi connectivity index (χ1n) is 9.59. The molecule has 0 bridgehead atoms. The molecule has 0 fully saturated rings. The lowest BCUT2D eigenvalue weighted by Gasteiger charge is -2.12. The van der Waals surface area contributed by atoms with Crippen LogP contribution in [-0.4, -0.2) is 26.8 Å². The molecule has 31 heavy (non-hydrogen) atoms. The summed E-state index contributed by atoms with van der Waals surface area (Å²) < 4.78 is 27.3. The molecule has 0 saturated heterocycles. The van der Waals surface area contributed by atoms with Crippen LogP contribution in [0.1, 0.15) is 18.2 Å². The van der Waals surface area contributed by atoms with E-state index in [4.69, 9.17) is 9.47 Å². The average Bonchev–Trinajstić information content (AvgIpc) is 3.39. The molecular formula is C22H16FN5O3. The number of hydrogen-bond acceptors (Lipinski definition) is 6. The minimum absolute atomic E-state index is 0.0468. The van der Waals surface area contributed by atoms with Gasteiger partial charge in [0.1, 0.15) is 17.4 Å². The summed E-state index contributed by atoms with van der Waals surface area (Å²) in [4.78, 5) is 12.2. The monoisotopic (exact) mass is 417 g/mol. The van der Waals surface area contributed by atoms with Crippen molar-refractivity contribution in [1.29, 1.82) is 5.26 Å². The second kappa shape index (κ2) is 6.95. The first-order chi connectivity index (χ1) is 15.0. The summed E-state index contributed by atoms with van der Waals surface area (Å²) in [6.45, 7) is 1.88. The number of benzene rings is 2. The predicted octanol–water partition coefficient (Wildman–Crippen LogP) is 3.29. The van der Waals surface area contributed by atoms with Crippen molar-refractivity contribution in [3.8, 4) is 40.0 Å². The number of nitrogens with zero attached hydrogens (tertiary/aromatic N) is 4. The van der Waals surface area contributed by atoms with Gasteiger partial charge in [0, 0.05) is 24.1 Å². The molecule has 5 rings (SSSR count). The summed E-state index contributed by atoms with van der Waals surface area (Å²) in [6.07, 6.45) is 2.24. The van der Waals surface area contributed by atoms with Gasteiger partial charge in [0.05, 0.1) is 28.5 Å². The standard InChI is InChI=1S/C22H16FN5O3/c1-3-17-13-6-11(4-5-12(13)22(29)27-26-17)15-9-25-28(2)20(15)19-14(8-24)21-18(7-16(19)23)30-10-31-21/h4-7,9H,3,10H2,1-2H3,(H,27,29). The third-order valence-electron chi connectivity index (χ3n) is 5.42. The smallest absolute Gasteiger partial charge is 0.272 e. The van der Waals surface area contributed by atoms with Gasteiger partial charge in [-0.15, -0.1) is 0 Å². The molecule has 0 unspecified atom stereocenters. The normalized spacial score (nSPS) is 12.3. The topological polar surface area (TPSA) is 106 Å². The Morgan fingerprint density at radius 1 is 1.29 bits per heavy atom. The van der Waals surface area contributed by atoms with Crippen LogP contribution in [0.25, 0.3) is 33.2 Å². The summed E-state index contributed by atoms with van der Waals surface area (Å²) in [6, 6.07) is 8.59. The highest BCUT2D eigenvalue weighted by Crippen LogP contribution is 2.44. The number of nitrogens with one attached hydrogen (secondary N) is 1. The maximum absolute atomic E-state index is 15.2. The molecular weight excluding hydrogens is 401 g/mol. The lowest BCUT2D eigenvalue weighted by Crippen LogP contribution is -2.10. The lowest BCUT2D eigenvalue weighted by atomic mass is 9.95. The summed E-state index contributed by atoms with van der Waals surface area (Å²) in [5, 5.41) is 22.0. The number of rotatable bonds is 3. The number of H-pyrrole nitrogens is 1. The molecule has 8 nitrogen and oxygen atoms in total. The number of aromatic amines is 1. The minimum Gasteiger partial charge on any atom is -0.453 e. The summed E-state index contributed by atoms with van der Waals surface area (Å²) in [7, 11) is 1.68. The zero-order chi connectivity index (χ0) is 21.7. The van der Waals surface area contributed by atoms with E-state index >= 15 is 4.39 Å². The van der Waals surface area contributed by atoms with Crippen LogP contribution in [0.2, 0.25) is 0 Å². The molecule has 2 aromatic carbocycles. The van der Waals surface area contributed by atoms with Crippen molar-refractivity contribution in [2.24, 2.45) is 7.05 Å². The van der Waals surface area contributed by atoms with Crippen LogP contribution in [0.4, 0.5) is 4.39 Å². The number of halogens is 1. The molecule has 1 N–H and O–H groups in total. The Balaban J connectivity index is 1.79. The zero-order valence-electron chi connectivity index (χ0n) is 16.7. The maximum atomic E-state index is 15.2. The summed E-state index contributed by atoms with van der Waals surface area (Å²) in [5.74, 6) is -0.197. The van der Waals surface area contributed by atoms with Crippen molar-refractivity contribution in [2.45, 2.75) is 13.3 Å². The van der Waals surface area contributed by atoms with Crippen molar-refractivity contribution in [3.63, 3.8) is 0 Å². The van der Waals surface area contributed by atoms with Crippen LogP contribution in [0.5, 0.6) is 11.5 Å². The fourth-order valence-corrected chi connectivity index (χ4v) is 3.95. The molecule has 0 radical (unpaired) electrons. The molecule has 0 amide bonds. The van der Waals surface area contributed by atoms with Gasteiger partial charge in [-0.25, -0.2) is 9.49 Å². The number of ether oxygens (including phenoxy) is 2. The molecule has 4 aromatic rings. The Kier molecular flexibility index (Phi) is 4.22. The van der Waals surface area contributed by atoms with Crippen LogP contribution in [0, 0.1) is 17.1 Å². The molecule has 0 spiro atoms. The molecule has 1 aliphatic heterocycles. The van der Waals surface area contributed by atoms with Gasteiger partial charge >= 0.3 is 0 Å². The Bertz CT molecular complexity index is 1470. The molecule has 154 valence electrons. The van der Waals surface area contributed by atoms with E-state index in [0.29, 0.717) is 28.5 Å². The number of aryl methyl sites for hydroxylation is 2. The quantitative estimate of drug-likeness (QED) is 0.548. The Morgan fingerprint density at radius 2 is 2.13 bits per heavy atom. The van der Waals surface area contributed by atoms with Crippen LogP contribution < -0.4 is 15.0 Å². The van der Waals surface area contributed by atoms with Gasteiger partial charge in [-0.3, -0.25) is 9.48 Å². The van der Waals surface area contributed by atoms with E-state index in [2.05, 4.69) is 15.3 Å². The van der Waals surface area contributed by atoms with Crippen molar-refractivity contribution in [3.05, 3.63) is 57.9 Å². The zero-order valence-corrected chi connectivity index (χ0v) is 16.7. The van der Waals surface area contributed by atoms with E-state index in [1.807, 2.05) is 19.1 Å². The van der Waals surface area contributed by atoms with E-state index in [9.17, 15) is 10.1 Å². The Labute approximate surface area is 175 Å². The van der Waals surface area contributed by atoms with Gasteiger partial charge in [0.15, 0.2) is 11.5 Å². The average molecular weight is 417 g/mol. The number of hydrogen-bond donors (Lipinski definition) is 1. The van der Waals surface area contributed by atoms with Gasteiger partial charge in [0.25, 0.3) is 5.56 Å². The van der Waals surface area contributed by atoms with Gasteiger partial charge in [-0.05, 0) is 24.1 Å². The van der Waals surface area contributed by atoms with Gasteiger partial charge in [0.2, 0.25) is 6.79 Å². The molecule has 0 saturated carbocycles. The molecule has 0 aliphatic carbocycles. The van der Waals surface area contributed by atoms with Gasteiger partial charge in [-0.1, -0.05) is 13.0 Å². The molecule has 2 aromatic heterocycles. The van der Waals surface area contributed by atoms with Crippen LogP contribution in [0.15, 0.2) is 35.3 Å². The highest BCUT2D eigenvalue weighted by atomic mass is 19.1. The van der Waals surface area contributed by atoms with E-state index < -0.39 is 5.82 Å².